The number of anilines is 6. The van der Waals surface area contributed by atoms with E-state index < -0.39 is 55.5 Å². The molecule has 0 unspecified atom stereocenters. The molecule has 4 aromatic carbocycles. The van der Waals surface area contributed by atoms with E-state index in [4.69, 9.17) is 51.1 Å². The summed E-state index contributed by atoms with van der Waals surface area (Å²) in [6.45, 7) is 5.15. The minimum atomic E-state index is -4.34. The number of benzene rings is 4. The van der Waals surface area contributed by atoms with Crippen LogP contribution in [0.25, 0.3) is 0 Å². The number of aromatic nitrogens is 2. The van der Waals surface area contributed by atoms with Gasteiger partial charge in [-0.25, -0.2) is 26.0 Å². The Bertz CT molecular complexity index is 3600. The first-order valence-electron chi connectivity index (χ1n) is 25.4. The van der Waals surface area contributed by atoms with Gasteiger partial charge in [-0.05, 0) is 97.9 Å². The van der Waals surface area contributed by atoms with Gasteiger partial charge in [0, 0.05) is 68.6 Å². The van der Waals surface area contributed by atoms with Gasteiger partial charge in [0.05, 0.1) is 62.5 Å². The molecule has 30 heteroatoms. The van der Waals surface area contributed by atoms with Crippen molar-refractivity contribution < 1.29 is 59.5 Å². The molecule has 2 aromatic heterocycles. The Labute approximate surface area is 498 Å². The van der Waals surface area contributed by atoms with Crippen LogP contribution in [0.15, 0.2) is 132 Å². The Morgan fingerprint density at radius 1 is 0.578 bits per heavy atom. The van der Waals surface area contributed by atoms with Crippen LogP contribution in [0.5, 0.6) is 0 Å². The van der Waals surface area contributed by atoms with Crippen molar-refractivity contribution in [3.05, 3.63) is 153 Å². The Morgan fingerprint density at radius 3 is 1.61 bits per heavy atom. The van der Waals surface area contributed by atoms with Gasteiger partial charge in [-0.1, -0.05) is 46.4 Å². The van der Waals surface area contributed by atoms with Crippen LogP contribution < -0.4 is 61.5 Å². The number of halogens is 4. The summed E-state index contributed by atoms with van der Waals surface area (Å²) in [7, 11) is -7.35. The summed E-state index contributed by atoms with van der Waals surface area (Å²) in [6, 6.07) is 23.3. The highest BCUT2D eigenvalue weighted by atomic mass is 35.5. The predicted molar refractivity (Wildman–Crippen MR) is 313 cm³/mol. The third kappa shape index (κ3) is 18.1. The Morgan fingerprint density at radius 2 is 1.07 bits per heavy atom. The van der Waals surface area contributed by atoms with E-state index in [1.54, 1.807) is 42.9 Å². The topological polar surface area (TPSA) is 311 Å². The number of carbonyl (C=O) groups excluding carboxylic acids is 6. The molecule has 1 aliphatic rings. The van der Waals surface area contributed by atoms with Crippen molar-refractivity contribution in [1.82, 2.24) is 26.4 Å². The summed E-state index contributed by atoms with van der Waals surface area (Å²) in [5.41, 5.74) is 11.3. The maximum atomic E-state index is 13.6. The number of hydrazine groups is 2. The highest BCUT2D eigenvalue weighted by Crippen LogP contribution is 2.38. The number of hydrogen-bond donors (Lipinski definition) is 10. The van der Waals surface area contributed by atoms with E-state index in [-0.39, 0.29) is 64.6 Å². The van der Waals surface area contributed by atoms with Gasteiger partial charge in [0.15, 0.2) is 24.8 Å². The highest BCUT2D eigenvalue weighted by molar-refractivity contribution is 7.93. The number of aryl methyl sites for hydroxylation is 2. The number of unbranched alkanes of at least 4 members (excludes halogenated alkanes) is 1. The summed E-state index contributed by atoms with van der Waals surface area (Å²) < 4.78 is 68.0. The van der Waals surface area contributed by atoms with Crippen molar-refractivity contribution >= 4 is 136 Å². The number of carbonyl (C=O) groups is 6. The van der Waals surface area contributed by atoms with E-state index in [1.165, 1.54) is 79.8 Å². The lowest BCUT2D eigenvalue weighted by Crippen LogP contribution is -2.43. The number of sulfonamides is 2. The fraction of sp³-hybridized carbons (Fsp3) is 0.245. The van der Waals surface area contributed by atoms with Gasteiger partial charge in [0.1, 0.15) is 28.4 Å². The monoisotopic (exact) mass is 1260 g/mol. The van der Waals surface area contributed by atoms with E-state index in [1.807, 2.05) is 15.3 Å². The van der Waals surface area contributed by atoms with Crippen molar-refractivity contribution in [2.75, 3.05) is 77.4 Å². The zero-order valence-corrected chi connectivity index (χ0v) is 48.8. The molecule has 1 saturated heterocycles. The lowest BCUT2D eigenvalue weighted by Gasteiger charge is -2.26. The summed E-state index contributed by atoms with van der Waals surface area (Å²) in [5.74, 6) is -4.65. The molecule has 6 aromatic rings. The van der Waals surface area contributed by atoms with Crippen molar-refractivity contribution in [3.8, 4) is 0 Å². The van der Waals surface area contributed by atoms with E-state index in [0.717, 1.165) is 19.6 Å². The van der Waals surface area contributed by atoms with Gasteiger partial charge in [0.25, 0.3) is 26.0 Å². The first-order chi connectivity index (χ1) is 39.7. The molecule has 3 heterocycles. The Balaban J connectivity index is 0.860. The lowest BCUT2D eigenvalue weighted by molar-refractivity contribution is -0.708. The second-order valence-corrected chi connectivity index (χ2v) is 23.2. The highest BCUT2D eigenvalue weighted by Gasteiger charge is 2.26. The number of ether oxygens (including phenoxy) is 1. The van der Waals surface area contributed by atoms with Crippen molar-refractivity contribution in [3.63, 3.8) is 0 Å². The van der Waals surface area contributed by atoms with E-state index in [2.05, 4.69) is 57.3 Å². The van der Waals surface area contributed by atoms with Crippen LogP contribution in [-0.2, 0) is 68.3 Å². The molecule has 1 aliphatic heterocycles. The first kappa shape index (κ1) is 62.8. The molecule has 24 nitrogen and oxygen atoms in total. The molecule has 0 radical (unpaired) electrons. The van der Waals surface area contributed by atoms with Crippen LogP contribution in [0.3, 0.4) is 0 Å². The number of nitrogens with zero attached hydrogens (tertiary/aromatic N) is 3. The number of pyridine rings is 2. The second-order valence-electron chi connectivity index (χ2n) is 18.3. The van der Waals surface area contributed by atoms with Gasteiger partial charge in [0.2, 0.25) is 5.91 Å². The van der Waals surface area contributed by atoms with Crippen LogP contribution in [0, 0.1) is 0 Å². The SMILES string of the molecule is CNC(=O)C(=O)NNc1ccc(NS(=O)(=O)c2ccc(Cl)c(NC(=O)Cc3ccc[n+](CCCC[n+]4cccc(C(=O)Nc5c(Cl)ccc(S(=O)(=O)Nc6ccc(NNC(=O)C(=O)NCCCN7CCOCC7)cc6)c5Cl)c4)c3)c2Cl)cc1. The standard InChI is InChI=1S/C53H55Cl4N13O11S2/c1-58-50(73)52(75)64-62-36-9-13-38(14-10-36)66-82(77,78)42-19-17-40(54)47(45(42)56)60-44(71)31-34-7-4-24-69(32-34)22-2-3-23-70-25-5-8-35(33-70)49(72)61-48-41(55)18-20-43(46(48)57)83(79,80)67-39-15-11-37(12-16-39)63-65-53(76)51(74)59-21-6-26-68-27-29-81-30-28-68/h4-5,7-20,24-25,32-33H,2-3,6,21-23,26-31H2,1H3,(H8-2,58,59,60,61,62,63,64,65,66,67,71,72,73,74,75,76)/p+2. The predicted octanol–water partition coefficient (Wildman–Crippen LogP) is 4.86. The molecule has 0 bridgehead atoms. The number of rotatable bonds is 24. The van der Waals surface area contributed by atoms with Gasteiger partial charge >= 0.3 is 23.6 Å². The molecule has 83 heavy (non-hydrogen) atoms. The zero-order chi connectivity index (χ0) is 59.7. The van der Waals surface area contributed by atoms with E-state index in [9.17, 15) is 45.6 Å². The molecule has 0 spiro atoms. The molecule has 10 N–H and O–H groups in total. The number of amides is 6. The molecular formula is C53H57Cl4N13O11S2+2. The third-order valence-electron chi connectivity index (χ3n) is 12.3. The number of nitrogens with one attached hydrogen (secondary N) is 10. The van der Waals surface area contributed by atoms with Gasteiger partial charge < -0.3 is 26.0 Å². The summed E-state index contributed by atoms with van der Waals surface area (Å²) in [5, 5.41) is 9.37. The Hall–Kier alpha value is -7.82. The average molecular weight is 1260 g/mol. The van der Waals surface area contributed by atoms with Crippen LogP contribution in [-0.4, -0.2) is 104 Å². The smallest absolute Gasteiger partial charge is 0.327 e. The van der Waals surface area contributed by atoms with Crippen LogP contribution in [0.2, 0.25) is 20.1 Å². The summed E-state index contributed by atoms with van der Waals surface area (Å²) in [4.78, 5) is 76.1. The molecular weight excluding hydrogens is 1200 g/mol. The Kier molecular flexibility index (Phi) is 22.3. The lowest BCUT2D eigenvalue weighted by atomic mass is 10.2. The molecule has 7 rings (SSSR count). The summed E-state index contributed by atoms with van der Waals surface area (Å²) in [6.07, 6.45) is 8.99. The second kappa shape index (κ2) is 29.4. The van der Waals surface area contributed by atoms with Crippen LogP contribution >= 0.6 is 46.4 Å². The normalized spacial score (nSPS) is 12.5. The largest absolute Gasteiger partial charge is 0.379 e. The average Bonchev–Trinajstić information content (AvgIpc) is 3.66. The minimum Gasteiger partial charge on any atom is -0.379 e. The zero-order valence-electron chi connectivity index (χ0n) is 44.2. The van der Waals surface area contributed by atoms with Gasteiger partial charge in [-0.15, -0.1) is 0 Å². The van der Waals surface area contributed by atoms with Gasteiger partial charge in [-0.3, -0.25) is 64.8 Å². The molecule has 0 saturated carbocycles. The van der Waals surface area contributed by atoms with E-state index >= 15 is 0 Å². The van der Waals surface area contributed by atoms with Gasteiger partial charge in [-0.2, -0.15) is 0 Å². The first-order valence-corrected chi connectivity index (χ1v) is 29.9. The summed E-state index contributed by atoms with van der Waals surface area (Å²) >= 11 is 26.0. The maximum Gasteiger partial charge on any atom is 0.327 e. The fourth-order valence-corrected chi connectivity index (χ4v) is 11.9. The molecule has 0 atom stereocenters. The molecule has 0 aliphatic carbocycles. The van der Waals surface area contributed by atoms with Crippen LogP contribution in [0.1, 0.15) is 35.2 Å². The van der Waals surface area contributed by atoms with Crippen molar-refractivity contribution in [2.24, 2.45) is 0 Å². The fourth-order valence-electron chi connectivity index (χ4n) is 8.03. The van der Waals surface area contributed by atoms with Crippen molar-refractivity contribution in [2.45, 2.75) is 48.6 Å². The maximum absolute atomic E-state index is 13.6. The number of hydrogen-bond acceptors (Lipinski definition) is 14. The number of morpholine rings is 1. The molecule has 6 amide bonds. The number of likely N-dealkylation sites (N-methyl/N-ethyl adjacent to an activating group) is 1. The molecule has 438 valence electrons. The minimum absolute atomic E-state index is 0.00186. The quantitative estimate of drug-likeness (QED) is 0.0168. The molecule has 1 fully saturated rings. The van der Waals surface area contributed by atoms with Crippen molar-refractivity contribution in [1.29, 1.82) is 0 Å². The third-order valence-corrected chi connectivity index (χ3v) is 16.8. The van der Waals surface area contributed by atoms with Crippen LogP contribution in [0.4, 0.5) is 34.1 Å². The van der Waals surface area contributed by atoms with E-state index in [0.29, 0.717) is 69.0 Å².